The minimum Gasteiger partial charge on any atom is -0.313 e. The molecule has 1 saturated carbocycles. The van der Waals surface area contributed by atoms with Gasteiger partial charge in [0.25, 0.3) is 10.2 Å². The van der Waals surface area contributed by atoms with Gasteiger partial charge in [-0.15, -0.1) is 0 Å². The lowest BCUT2D eigenvalue weighted by Crippen LogP contribution is -2.45. The van der Waals surface area contributed by atoms with Crippen molar-refractivity contribution in [1.82, 2.24) is 14.3 Å². The minimum absolute atomic E-state index is 0.495. The molecule has 16 heavy (non-hydrogen) atoms. The van der Waals surface area contributed by atoms with E-state index in [0.717, 1.165) is 25.8 Å². The van der Waals surface area contributed by atoms with Crippen molar-refractivity contribution in [2.75, 3.05) is 26.2 Å². The van der Waals surface area contributed by atoms with Crippen molar-refractivity contribution in [2.24, 2.45) is 0 Å². The molecule has 2 fully saturated rings. The Kier molecular flexibility index (Phi) is 4.18. The smallest absolute Gasteiger partial charge is 0.279 e. The summed E-state index contributed by atoms with van der Waals surface area (Å²) in [5, 5.41) is 3.29. The van der Waals surface area contributed by atoms with E-state index < -0.39 is 10.2 Å². The zero-order chi connectivity index (χ0) is 11.4. The van der Waals surface area contributed by atoms with Gasteiger partial charge in [-0.05, 0) is 25.7 Å². The maximum Gasteiger partial charge on any atom is 0.279 e. The molecule has 0 spiro atoms. The van der Waals surface area contributed by atoms with Crippen LogP contribution in [-0.4, -0.2) is 44.9 Å². The monoisotopic (exact) mass is 247 g/mol. The number of rotatable bonds is 6. The van der Waals surface area contributed by atoms with Crippen LogP contribution in [0.1, 0.15) is 32.1 Å². The third kappa shape index (κ3) is 3.69. The van der Waals surface area contributed by atoms with Crippen LogP contribution >= 0.6 is 0 Å². The lowest BCUT2D eigenvalue weighted by molar-refractivity contribution is 0.341. The van der Waals surface area contributed by atoms with Gasteiger partial charge in [0, 0.05) is 32.2 Å². The summed E-state index contributed by atoms with van der Waals surface area (Å²) < 4.78 is 27.9. The summed E-state index contributed by atoms with van der Waals surface area (Å²) in [6.45, 7) is 2.57. The first-order valence-corrected chi connectivity index (χ1v) is 7.60. The molecule has 0 aromatic rings. The van der Waals surface area contributed by atoms with Crippen LogP contribution in [0.3, 0.4) is 0 Å². The van der Waals surface area contributed by atoms with E-state index in [-0.39, 0.29) is 0 Å². The Morgan fingerprint density at radius 3 is 2.38 bits per heavy atom. The van der Waals surface area contributed by atoms with Gasteiger partial charge in [0.05, 0.1) is 0 Å². The highest BCUT2D eigenvalue weighted by atomic mass is 32.2. The summed E-state index contributed by atoms with van der Waals surface area (Å²) in [4.78, 5) is 0. The standard InChI is InChI=1S/C10H21N3O2S/c14-16(15,13-8-2-1-3-9-13)12-7-6-11-10-4-5-10/h10-12H,1-9H2. The van der Waals surface area contributed by atoms with Crippen LogP contribution in [0.2, 0.25) is 0 Å². The highest BCUT2D eigenvalue weighted by molar-refractivity contribution is 7.87. The van der Waals surface area contributed by atoms with Crippen LogP contribution in [0.15, 0.2) is 0 Å². The zero-order valence-corrected chi connectivity index (χ0v) is 10.4. The number of hydrogen-bond donors (Lipinski definition) is 2. The van der Waals surface area contributed by atoms with E-state index in [1.54, 1.807) is 4.31 Å². The normalized spacial score (nSPS) is 23.5. The van der Waals surface area contributed by atoms with Gasteiger partial charge in [-0.25, -0.2) is 4.72 Å². The Labute approximate surface area is 97.8 Å². The lowest BCUT2D eigenvalue weighted by Gasteiger charge is -2.25. The van der Waals surface area contributed by atoms with Crippen LogP contribution in [-0.2, 0) is 10.2 Å². The molecule has 0 bridgehead atoms. The molecule has 6 heteroatoms. The lowest BCUT2D eigenvalue weighted by atomic mass is 10.2. The Hall–Kier alpha value is -0.170. The molecule has 2 rings (SSSR count). The Morgan fingerprint density at radius 1 is 1.06 bits per heavy atom. The predicted octanol–water partition coefficient (Wildman–Crippen LogP) is 0.0587. The fourth-order valence-corrected chi connectivity index (χ4v) is 3.22. The average molecular weight is 247 g/mol. The Morgan fingerprint density at radius 2 is 1.75 bits per heavy atom. The first-order chi connectivity index (χ1) is 7.68. The molecule has 0 aromatic carbocycles. The number of nitrogens with one attached hydrogen (secondary N) is 2. The second kappa shape index (κ2) is 5.44. The van der Waals surface area contributed by atoms with Crippen LogP contribution in [0.5, 0.6) is 0 Å². The molecule has 5 nitrogen and oxygen atoms in total. The van der Waals surface area contributed by atoms with Crippen molar-refractivity contribution in [3.8, 4) is 0 Å². The predicted molar refractivity (Wildman–Crippen MR) is 63.4 cm³/mol. The van der Waals surface area contributed by atoms with Crippen LogP contribution < -0.4 is 10.0 Å². The molecule has 0 radical (unpaired) electrons. The maximum absolute atomic E-state index is 11.8. The summed E-state index contributed by atoms with van der Waals surface area (Å²) in [6.07, 6.45) is 5.59. The van der Waals surface area contributed by atoms with Gasteiger partial charge >= 0.3 is 0 Å². The van der Waals surface area contributed by atoms with E-state index in [0.29, 0.717) is 25.7 Å². The second-order valence-electron chi connectivity index (χ2n) is 4.59. The van der Waals surface area contributed by atoms with Crippen molar-refractivity contribution in [1.29, 1.82) is 0 Å². The summed E-state index contributed by atoms with van der Waals surface area (Å²) in [6, 6.07) is 0.638. The van der Waals surface area contributed by atoms with Gasteiger partial charge in [0.1, 0.15) is 0 Å². The average Bonchev–Trinajstić information content (AvgIpc) is 3.10. The molecular weight excluding hydrogens is 226 g/mol. The summed E-state index contributed by atoms with van der Waals surface area (Å²) in [5.41, 5.74) is 0. The van der Waals surface area contributed by atoms with Gasteiger partial charge in [-0.3, -0.25) is 0 Å². The van der Waals surface area contributed by atoms with Crippen molar-refractivity contribution in [3.05, 3.63) is 0 Å². The molecule has 0 unspecified atom stereocenters. The third-order valence-corrected chi connectivity index (χ3v) is 4.69. The molecule has 1 heterocycles. The highest BCUT2D eigenvalue weighted by Crippen LogP contribution is 2.17. The Bertz CT molecular complexity index is 308. The Balaban J connectivity index is 1.68. The first kappa shape index (κ1) is 12.3. The summed E-state index contributed by atoms with van der Waals surface area (Å²) >= 11 is 0. The van der Waals surface area contributed by atoms with Crippen molar-refractivity contribution >= 4 is 10.2 Å². The fourth-order valence-electron chi connectivity index (χ4n) is 1.94. The van der Waals surface area contributed by atoms with Crippen LogP contribution in [0.25, 0.3) is 0 Å². The topological polar surface area (TPSA) is 61.4 Å². The molecular formula is C10H21N3O2S. The first-order valence-electron chi connectivity index (χ1n) is 6.16. The van der Waals surface area contributed by atoms with E-state index in [1.165, 1.54) is 12.8 Å². The SMILES string of the molecule is O=S(=O)(NCCNC1CC1)N1CCCCC1. The van der Waals surface area contributed by atoms with Crippen LogP contribution in [0, 0.1) is 0 Å². The molecule has 2 N–H and O–H groups in total. The maximum atomic E-state index is 11.8. The molecule has 1 aliphatic heterocycles. The summed E-state index contributed by atoms with van der Waals surface area (Å²) in [7, 11) is -3.22. The molecule has 0 amide bonds. The molecule has 94 valence electrons. The van der Waals surface area contributed by atoms with Crippen molar-refractivity contribution < 1.29 is 8.42 Å². The molecule has 1 saturated heterocycles. The molecule has 0 aromatic heterocycles. The highest BCUT2D eigenvalue weighted by Gasteiger charge is 2.24. The molecule has 1 aliphatic carbocycles. The minimum atomic E-state index is -3.22. The van der Waals surface area contributed by atoms with Gasteiger partial charge in [0.15, 0.2) is 0 Å². The number of nitrogens with zero attached hydrogens (tertiary/aromatic N) is 1. The molecule has 2 aliphatic rings. The fraction of sp³-hybridized carbons (Fsp3) is 1.00. The number of piperidine rings is 1. The van der Waals surface area contributed by atoms with E-state index in [9.17, 15) is 8.42 Å². The van der Waals surface area contributed by atoms with E-state index >= 15 is 0 Å². The zero-order valence-electron chi connectivity index (χ0n) is 9.61. The van der Waals surface area contributed by atoms with Crippen LogP contribution in [0.4, 0.5) is 0 Å². The van der Waals surface area contributed by atoms with E-state index in [1.807, 2.05) is 0 Å². The van der Waals surface area contributed by atoms with Crippen molar-refractivity contribution in [3.63, 3.8) is 0 Å². The van der Waals surface area contributed by atoms with Gasteiger partial charge in [-0.2, -0.15) is 12.7 Å². The van der Waals surface area contributed by atoms with Gasteiger partial charge < -0.3 is 5.32 Å². The summed E-state index contributed by atoms with van der Waals surface area (Å²) in [5.74, 6) is 0. The molecule has 0 atom stereocenters. The van der Waals surface area contributed by atoms with E-state index in [2.05, 4.69) is 10.0 Å². The van der Waals surface area contributed by atoms with Gasteiger partial charge in [0.2, 0.25) is 0 Å². The second-order valence-corrected chi connectivity index (χ2v) is 6.34. The number of hydrogen-bond acceptors (Lipinski definition) is 3. The largest absolute Gasteiger partial charge is 0.313 e. The van der Waals surface area contributed by atoms with Crippen molar-refractivity contribution in [2.45, 2.75) is 38.1 Å². The quantitative estimate of drug-likeness (QED) is 0.652. The van der Waals surface area contributed by atoms with E-state index in [4.69, 9.17) is 0 Å². The third-order valence-electron chi connectivity index (χ3n) is 3.07. The van der Waals surface area contributed by atoms with Gasteiger partial charge in [-0.1, -0.05) is 6.42 Å².